The van der Waals surface area contributed by atoms with E-state index >= 15 is 4.39 Å². The molecule has 8 heteroatoms. The maximum Gasteiger partial charge on any atom is 0.346 e. The lowest BCUT2D eigenvalue weighted by molar-refractivity contribution is -0.151. The number of alkyl halides is 1. The number of rotatable bonds is 8. The molecule has 0 saturated heterocycles. The molecule has 1 aromatic heterocycles. The molecular weight excluding hydrogens is 490 g/mol. The van der Waals surface area contributed by atoms with Crippen molar-refractivity contribution in [1.82, 2.24) is 9.78 Å². The van der Waals surface area contributed by atoms with E-state index in [0.29, 0.717) is 27.9 Å². The highest BCUT2D eigenvalue weighted by Gasteiger charge is 2.42. The van der Waals surface area contributed by atoms with E-state index in [1.807, 2.05) is 18.2 Å². The molecule has 1 unspecified atom stereocenters. The summed E-state index contributed by atoms with van der Waals surface area (Å²) in [4.78, 5) is 12.1. The quantitative estimate of drug-likeness (QED) is 0.289. The molecule has 0 bridgehead atoms. The Morgan fingerprint density at radius 2 is 1.80 bits per heavy atom. The topological polar surface area (TPSA) is 64.4 Å². The minimum Gasteiger partial charge on any atom is -0.497 e. The molecule has 5 nitrogen and oxygen atoms in total. The van der Waals surface area contributed by atoms with Crippen LogP contribution in [0.4, 0.5) is 4.39 Å². The van der Waals surface area contributed by atoms with Gasteiger partial charge < -0.3 is 9.84 Å². The third kappa shape index (κ3) is 5.34. The average Bonchev–Trinajstić information content (AvgIpc) is 3.23. The van der Waals surface area contributed by atoms with Crippen molar-refractivity contribution < 1.29 is 19.0 Å². The van der Waals surface area contributed by atoms with Crippen LogP contribution in [0, 0.1) is 6.92 Å². The van der Waals surface area contributed by atoms with Crippen LogP contribution < -0.4 is 4.74 Å². The van der Waals surface area contributed by atoms with Gasteiger partial charge in [-0.15, -0.1) is 0 Å². The van der Waals surface area contributed by atoms with Gasteiger partial charge in [0.05, 0.1) is 28.5 Å². The first-order valence-electron chi connectivity index (χ1n) is 10.9. The monoisotopic (exact) mass is 512 g/mol. The second kappa shape index (κ2) is 10.1. The molecule has 0 fully saturated rings. The summed E-state index contributed by atoms with van der Waals surface area (Å²) in [5.41, 5.74) is 0.866. The molecule has 1 atom stereocenters. The van der Waals surface area contributed by atoms with Crippen molar-refractivity contribution in [2.45, 2.75) is 25.4 Å². The molecule has 1 heterocycles. The number of nitrogens with zero attached hydrogens (tertiary/aromatic N) is 2. The zero-order chi connectivity index (χ0) is 25.2. The number of carboxylic acid groups (broad SMARTS) is 1. The molecule has 0 saturated carbocycles. The molecule has 4 aromatic rings. The molecule has 0 spiro atoms. The Labute approximate surface area is 212 Å². The van der Waals surface area contributed by atoms with Crippen molar-refractivity contribution in [3.63, 3.8) is 0 Å². The Morgan fingerprint density at radius 3 is 2.43 bits per heavy atom. The van der Waals surface area contributed by atoms with Gasteiger partial charge in [0.15, 0.2) is 0 Å². The highest BCUT2D eigenvalue weighted by molar-refractivity contribution is 6.42. The van der Waals surface area contributed by atoms with Crippen molar-refractivity contribution in [1.29, 1.82) is 0 Å². The molecular formula is C27H23Cl2FN2O3. The molecule has 0 aliphatic heterocycles. The summed E-state index contributed by atoms with van der Waals surface area (Å²) < 4.78 is 22.9. The van der Waals surface area contributed by atoms with Crippen molar-refractivity contribution in [2.75, 3.05) is 7.11 Å². The Kier molecular flexibility index (Phi) is 7.15. The van der Waals surface area contributed by atoms with Crippen molar-refractivity contribution >= 4 is 29.2 Å². The molecule has 0 radical (unpaired) electrons. The first-order valence-corrected chi connectivity index (χ1v) is 11.6. The fraction of sp³-hybridized carbons (Fsp3) is 0.185. The number of methoxy groups -OCH3 is 1. The maximum atomic E-state index is 16.0. The molecule has 1 N–H and O–H groups in total. The van der Waals surface area contributed by atoms with Gasteiger partial charge in [0, 0.05) is 24.1 Å². The van der Waals surface area contributed by atoms with Crippen LogP contribution in [0.3, 0.4) is 0 Å². The smallest absolute Gasteiger partial charge is 0.346 e. The lowest BCUT2D eigenvalue weighted by Gasteiger charge is -2.20. The molecule has 4 rings (SSSR count). The van der Waals surface area contributed by atoms with Crippen LogP contribution in [-0.2, 0) is 23.3 Å². The highest BCUT2D eigenvalue weighted by atomic mass is 35.5. The van der Waals surface area contributed by atoms with E-state index < -0.39 is 18.1 Å². The number of ether oxygens (including phenoxy) is 1. The van der Waals surface area contributed by atoms with Crippen LogP contribution in [-0.4, -0.2) is 28.0 Å². The van der Waals surface area contributed by atoms with Gasteiger partial charge in [0.25, 0.3) is 0 Å². The van der Waals surface area contributed by atoms with Crippen LogP contribution in [0.1, 0.15) is 28.1 Å². The van der Waals surface area contributed by atoms with Gasteiger partial charge in [-0.05, 0) is 55.0 Å². The van der Waals surface area contributed by atoms with E-state index in [1.165, 1.54) is 6.07 Å². The number of aryl methyl sites for hydroxylation is 1. The second-order valence-corrected chi connectivity index (χ2v) is 9.13. The summed E-state index contributed by atoms with van der Waals surface area (Å²) in [7, 11) is 1.58. The number of benzene rings is 3. The zero-order valence-corrected chi connectivity index (χ0v) is 20.6. The summed E-state index contributed by atoms with van der Waals surface area (Å²) >= 11 is 12.3. The number of carbonyl (C=O) groups is 1. The van der Waals surface area contributed by atoms with Gasteiger partial charge in [-0.3, -0.25) is 0 Å². The minimum atomic E-state index is -2.63. The third-order valence-corrected chi connectivity index (χ3v) is 6.50. The number of carboxylic acids is 1. The van der Waals surface area contributed by atoms with E-state index in [2.05, 4.69) is 5.10 Å². The van der Waals surface area contributed by atoms with Crippen molar-refractivity contribution in [3.8, 4) is 11.4 Å². The van der Waals surface area contributed by atoms with Crippen molar-refractivity contribution in [2.24, 2.45) is 0 Å². The Balaban J connectivity index is 1.76. The summed E-state index contributed by atoms with van der Waals surface area (Å²) in [5, 5.41) is 15.3. The van der Waals surface area contributed by atoms with Crippen LogP contribution >= 0.6 is 23.2 Å². The summed E-state index contributed by atoms with van der Waals surface area (Å²) in [6.45, 7) is 1.79. The first-order chi connectivity index (χ1) is 16.7. The van der Waals surface area contributed by atoms with Crippen molar-refractivity contribution in [3.05, 3.63) is 111 Å². The minimum absolute atomic E-state index is 0.0787. The summed E-state index contributed by atoms with van der Waals surface area (Å²) in [5.74, 6) is -0.881. The van der Waals surface area contributed by atoms with Crippen LogP contribution in [0.2, 0.25) is 10.0 Å². The summed E-state index contributed by atoms with van der Waals surface area (Å²) in [6.07, 6.45) is -0.00393. The van der Waals surface area contributed by atoms with Gasteiger partial charge >= 0.3 is 5.97 Å². The molecule has 0 amide bonds. The Hall–Kier alpha value is -3.35. The van der Waals surface area contributed by atoms with E-state index in [0.717, 1.165) is 22.5 Å². The largest absolute Gasteiger partial charge is 0.497 e. The predicted molar refractivity (Wildman–Crippen MR) is 135 cm³/mol. The summed E-state index contributed by atoms with van der Waals surface area (Å²) in [6, 6.07) is 20.8. The fourth-order valence-electron chi connectivity index (χ4n) is 3.94. The van der Waals surface area contributed by atoms with Gasteiger partial charge in [-0.1, -0.05) is 59.1 Å². The molecule has 0 aliphatic rings. The molecule has 180 valence electrons. The number of halogens is 3. The second-order valence-electron chi connectivity index (χ2n) is 8.31. The zero-order valence-electron chi connectivity index (χ0n) is 19.1. The van der Waals surface area contributed by atoms with Gasteiger partial charge in [-0.2, -0.15) is 5.10 Å². The standard InChI is InChI=1S/C27H23Cl2FN2O3/c1-17-4-3-5-19(12-17)27(30,26(33)34)16-20-15-22(13-18-6-11-24(28)25(29)14-18)32(31-20)21-7-9-23(35-2)10-8-21/h3-12,14-15H,13,16H2,1-2H3,(H,33,34). The molecule has 0 aliphatic carbocycles. The van der Waals surface area contributed by atoms with Crippen LogP contribution in [0.5, 0.6) is 5.75 Å². The molecule has 3 aromatic carbocycles. The third-order valence-electron chi connectivity index (χ3n) is 5.76. The normalized spacial score (nSPS) is 12.8. The number of aliphatic carboxylic acids is 1. The fourth-order valence-corrected chi connectivity index (χ4v) is 4.26. The van der Waals surface area contributed by atoms with Crippen LogP contribution in [0.25, 0.3) is 5.69 Å². The van der Waals surface area contributed by atoms with Crippen LogP contribution in [0.15, 0.2) is 72.8 Å². The van der Waals surface area contributed by atoms with E-state index in [4.69, 9.17) is 27.9 Å². The average molecular weight is 513 g/mol. The highest BCUT2D eigenvalue weighted by Crippen LogP contribution is 2.32. The van der Waals surface area contributed by atoms with Gasteiger partial charge in [-0.25, -0.2) is 13.9 Å². The van der Waals surface area contributed by atoms with Gasteiger partial charge in [0.1, 0.15) is 5.75 Å². The first kappa shape index (κ1) is 24.8. The lowest BCUT2D eigenvalue weighted by Crippen LogP contribution is -2.33. The SMILES string of the molecule is COc1ccc(-n2nc(CC(F)(C(=O)O)c3cccc(C)c3)cc2Cc2ccc(Cl)c(Cl)c2)cc1. The maximum absolute atomic E-state index is 16.0. The number of hydrogen-bond acceptors (Lipinski definition) is 3. The van der Waals surface area contributed by atoms with E-state index in [1.54, 1.807) is 67.2 Å². The number of aromatic nitrogens is 2. The van der Waals surface area contributed by atoms with E-state index in [9.17, 15) is 9.90 Å². The number of hydrogen-bond donors (Lipinski definition) is 1. The lowest BCUT2D eigenvalue weighted by atomic mass is 9.90. The molecule has 35 heavy (non-hydrogen) atoms. The Bertz CT molecular complexity index is 1370. The van der Waals surface area contributed by atoms with Gasteiger partial charge in [0.2, 0.25) is 5.67 Å². The predicted octanol–water partition coefficient (Wildman–Crippen LogP) is 6.58. The Morgan fingerprint density at radius 1 is 1.06 bits per heavy atom. The van der Waals surface area contributed by atoms with E-state index in [-0.39, 0.29) is 5.56 Å².